The summed E-state index contributed by atoms with van der Waals surface area (Å²) in [5, 5.41) is 0. The van der Waals surface area contributed by atoms with Crippen molar-refractivity contribution in [1.82, 2.24) is 4.98 Å². The van der Waals surface area contributed by atoms with Crippen LogP contribution in [0.5, 0.6) is 0 Å². The van der Waals surface area contributed by atoms with Crippen LogP contribution in [-0.2, 0) is 18.4 Å². The number of nitrogens with one attached hydrogen (secondary N) is 1. The van der Waals surface area contributed by atoms with E-state index >= 15 is 0 Å². The molecule has 1 heterocycles. The Bertz CT molecular complexity index is 961. The number of aromatic amines is 1. The Morgan fingerprint density at radius 1 is 0.703 bits per heavy atom. The SMILES string of the molecule is CCCCCCCCCCCCCC[n+]1cc[nH]c1C(CC)C(C)(Cc1ccccc1)c1ccccc1. The van der Waals surface area contributed by atoms with E-state index in [0.717, 1.165) is 19.4 Å². The molecule has 0 radical (unpaired) electrons. The zero-order chi connectivity index (χ0) is 26.2. The quantitative estimate of drug-likeness (QED) is 0.125. The van der Waals surface area contributed by atoms with Gasteiger partial charge < -0.3 is 0 Å². The summed E-state index contributed by atoms with van der Waals surface area (Å²) in [5.41, 5.74) is 2.85. The van der Waals surface area contributed by atoms with Crippen LogP contribution in [0.3, 0.4) is 0 Å². The molecule has 3 rings (SSSR count). The van der Waals surface area contributed by atoms with Crippen LogP contribution in [0.25, 0.3) is 0 Å². The van der Waals surface area contributed by atoms with Crippen LogP contribution < -0.4 is 4.57 Å². The van der Waals surface area contributed by atoms with Gasteiger partial charge in [-0.3, -0.25) is 0 Å². The molecule has 2 nitrogen and oxygen atoms in total. The zero-order valence-electron chi connectivity index (χ0n) is 24.1. The molecule has 0 aliphatic rings. The lowest BCUT2D eigenvalue weighted by Crippen LogP contribution is -2.43. The van der Waals surface area contributed by atoms with Gasteiger partial charge in [0, 0.05) is 5.41 Å². The number of aryl methyl sites for hydroxylation is 1. The molecule has 1 N–H and O–H groups in total. The normalized spacial score (nSPS) is 13.9. The molecule has 0 bridgehead atoms. The summed E-state index contributed by atoms with van der Waals surface area (Å²) < 4.78 is 2.51. The number of hydrogen-bond donors (Lipinski definition) is 1. The van der Waals surface area contributed by atoms with Crippen molar-refractivity contribution < 1.29 is 4.57 Å². The highest BCUT2D eigenvalue weighted by Crippen LogP contribution is 2.42. The maximum Gasteiger partial charge on any atom is 0.258 e. The van der Waals surface area contributed by atoms with Crippen molar-refractivity contribution in [2.24, 2.45) is 0 Å². The highest BCUT2D eigenvalue weighted by atomic mass is 15.1. The minimum atomic E-state index is 0.0144. The molecular weight excluding hydrogens is 448 g/mol. The van der Waals surface area contributed by atoms with Gasteiger partial charge in [0.15, 0.2) is 0 Å². The maximum atomic E-state index is 3.67. The topological polar surface area (TPSA) is 19.7 Å². The van der Waals surface area contributed by atoms with Gasteiger partial charge in [-0.15, -0.1) is 0 Å². The van der Waals surface area contributed by atoms with Crippen molar-refractivity contribution in [3.05, 3.63) is 90.0 Å². The fraction of sp³-hybridized carbons (Fsp3) is 0.571. The Hall–Kier alpha value is -2.35. The van der Waals surface area contributed by atoms with E-state index in [1.165, 1.54) is 94.0 Å². The van der Waals surface area contributed by atoms with E-state index in [-0.39, 0.29) is 5.41 Å². The van der Waals surface area contributed by atoms with E-state index < -0.39 is 0 Å². The fourth-order valence-electron chi connectivity index (χ4n) is 6.21. The standard InChI is InChI=1S/C35H52N2/c1-4-6-7-8-9-10-11-12-13-14-15-22-28-37-29-27-36-34(37)33(5-2)35(3,32-25-20-17-21-26-32)30-31-23-18-16-19-24-31/h16-21,23-27,29,33H,4-15,22,28,30H2,1-3H3/p+1. The number of aromatic nitrogens is 2. The molecule has 2 aromatic carbocycles. The van der Waals surface area contributed by atoms with Gasteiger partial charge in [-0.25, -0.2) is 9.55 Å². The molecular formula is C35H53N2+. The lowest BCUT2D eigenvalue weighted by Gasteiger charge is -2.36. The monoisotopic (exact) mass is 501 g/mol. The minimum Gasteiger partial charge on any atom is -0.247 e. The van der Waals surface area contributed by atoms with E-state index in [1.54, 1.807) is 0 Å². The molecule has 0 saturated carbocycles. The summed E-state index contributed by atoms with van der Waals surface area (Å²) in [6.07, 6.45) is 23.3. The molecule has 2 unspecified atom stereocenters. The van der Waals surface area contributed by atoms with Crippen LogP contribution in [0.2, 0.25) is 0 Å². The van der Waals surface area contributed by atoms with E-state index in [0.29, 0.717) is 5.92 Å². The molecule has 2 heteroatoms. The number of rotatable bonds is 19. The number of unbranched alkanes of at least 4 members (excludes halogenated alkanes) is 11. The minimum absolute atomic E-state index is 0.0144. The number of imidazole rings is 1. The average molecular weight is 502 g/mol. The highest BCUT2D eigenvalue weighted by molar-refractivity contribution is 5.32. The smallest absolute Gasteiger partial charge is 0.247 e. The second kappa shape index (κ2) is 16.5. The third-order valence-electron chi connectivity index (χ3n) is 8.40. The van der Waals surface area contributed by atoms with Gasteiger partial charge in [0.05, 0.1) is 12.5 Å². The van der Waals surface area contributed by atoms with Crippen LogP contribution in [0, 0.1) is 0 Å². The van der Waals surface area contributed by atoms with Crippen LogP contribution in [0.1, 0.15) is 127 Å². The third kappa shape index (κ3) is 9.16. The fourth-order valence-corrected chi connectivity index (χ4v) is 6.21. The molecule has 2 atom stereocenters. The number of nitrogens with zero attached hydrogens (tertiary/aromatic N) is 1. The first-order valence-electron chi connectivity index (χ1n) is 15.3. The van der Waals surface area contributed by atoms with Crippen molar-refractivity contribution in [3.8, 4) is 0 Å². The second-order valence-corrected chi connectivity index (χ2v) is 11.3. The molecule has 1 aromatic heterocycles. The highest BCUT2D eigenvalue weighted by Gasteiger charge is 2.41. The summed E-state index contributed by atoms with van der Waals surface area (Å²) >= 11 is 0. The average Bonchev–Trinajstić information content (AvgIpc) is 3.38. The number of H-pyrrole nitrogens is 1. The number of hydrogen-bond acceptors (Lipinski definition) is 0. The van der Waals surface area contributed by atoms with Crippen LogP contribution >= 0.6 is 0 Å². The van der Waals surface area contributed by atoms with Crippen molar-refractivity contribution in [2.75, 3.05) is 0 Å². The van der Waals surface area contributed by atoms with Gasteiger partial charge in [0.2, 0.25) is 0 Å². The molecule has 0 saturated heterocycles. The third-order valence-corrected chi connectivity index (χ3v) is 8.40. The van der Waals surface area contributed by atoms with Gasteiger partial charge in [-0.1, -0.05) is 146 Å². The Kier molecular flexibility index (Phi) is 13.0. The van der Waals surface area contributed by atoms with Gasteiger partial charge in [-0.05, 0) is 36.8 Å². The van der Waals surface area contributed by atoms with Gasteiger partial charge in [-0.2, -0.15) is 0 Å². The summed E-state index contributed by atoms with van der Waals surface area (Å²) in [6, 6.07) is 22.2. The Labute approximate surface area is 227 Å². The van der Waals surface area contributed by atoms with Crippen LogP contribution in [0.15, 0.2) is 73.1 Å². The van der Waals surface area contributed by atoms with Gasteiger partial charge in [0.25, 0.3) is 5.82 Å². The molecule has 0 spiro atoms. The first-order chi connectivity index (χ1) is 18.2. The summed E-state index contributed by atoms with van der Waals surface area (Å²) in [4.78, 5) is 3.67. The van der Waals surface area contributed by atoms with Crippen molar-refractivity contribution in [1.29, 1.82) is 0 Å². The zero-order valence-corrected chi connectivity index (χ0v) is 24.1. The van der Waals surface area contributed by atoms with Crippen LogP contribution in [-0.4, -0.2) is 4.98 Å². The predicted octanol–water partition coefficient (Wildman–Crippen LogP) is 9.70. The molecule has 202 valence electrons. The summed E-state index contributed by atoms with van der Waals surface area (Å²) in [7, 11) is 0. The first-order valence-corrected chi connectivity index (χ1v) is 15.3. The maximum absolute atomic E-state index is 3.67. The molecule has 0 aliphatic carbocycles. The lowest BCUT2D eigenvalue weighted by atomic mass is 9.66. The second-order valence-electron chi connectivity index (χ2n) is 11.3. The Morgan fingerprint density at radius 2 is 1.24 bits per heavy atom. The molecule has 0 amide bonds. The van der Waals surface area contributed by atoms with Crippen molar-refractivity contribution >= 4 is 0 Å². The molecule has 3 aromatic rings. The summed E-state index contributed by atoms with van der Waals surface area (Å²) in [5.74, 6) is 1.80. The molecule has 0 fully saturated rings. The first kappa shape index (κ1) is 29.2. The largest absolute Gasteiger partial charge is 0.258 e. The molecule has 37 heavy (non-hydrogen) atoms. The predicted molar refractivity (Wildman–Crippen MR) is 159 cm³/mol. The Morgan fingerprint density at radius 3 is 1.81 bits per heavy atom. The van der Waals surface area contributed by atoms with Crippen molar-refractivity contribution in [3.63, 3.8) is 0 Å². The number of benzene rings is 2. The van der Waals surface area contributed by atoms with E-state index in [9.17, 15) is 0 Å². The van der Waals surface area contributed by atoms with E-state index in [1.807, 2.05) is 0 Å². The van der Waals surface area contributed by atoms with Gasteiger partial charge in [0.1, 0.15) is 12.4 Å². The Balaban J connectivity index is 1.54. The molecule has 0 aliphatic heterocycles. The van der Waals surface area contributed by atoms with Gasteiger partial charge >= 0.3 is 0 Å². The lowest BCUT2D eigenvalue weighted by molar-refractivity contribution is -0.705. The van der Waals surface area contributed by atoms with E-state index in [4.69, 9.17) is 0 Å². The van der Waals surface area contributed by atoms with Crippen LogP contribution in [0.4, 0.5) is 0 Å². The van der Waals surface area contributed by atoms with Crippen molar-refractivity contribution in [2.45, 2.75) is 129 Å². The summed E-state index contributed by atoms with van der Waals surface area (Å²) in [6.45, 7) is 8.23. The van der Waals surface area contributed by atoms with E-state index in [2.05, 4.69) is 103 Å².